The van der Waals surface area contributed by atoms with Crippen LogP contribution in [0.15, 0.2) is 62.5 Å². The number of anilines is 1. The number of hydrogen-bond acceptors (Lipinski definition) is 5. The number of amides is 1. The molecule has 1 amide bonds. The summed E-state index contributed by atoms with van der Waals surface area (Å²) < 4.78 is 28.7. The Kier molecular flexibility index (Phi) is 5.18. The van der Waals surface area contributed by atoms with Gasteiger partial charge in [-0.15, -0.1) is 0 Å². The Balaban J connectivity index is 1.91. The molecule has 1 aliphatic rings. The van der Waals surface area contributed by atoms with Crippen molar-refractivity contribution >= 4 is 49.3 Å². The summed E-state index contributed by atoms with van der Waals surface area (Å²) in [6.07, 6.45) is 1.74. The third-order valence-corrected chi connectivity index (χ3v) is 5.51. The molecule has 0 aliphatic carbocycles. The molecule has 2 aromatic carbocycles. The van der Waals surface area contributed by atoms with Crippen LogP contribution in [0.1, 0.15) is 12.5 Å². The highest BCUT2D eigenvalue weighted by molar-refractivity contribution is 9.10. The maximum atomic E-state index is 12.8. The third kappa shape index (κ3) is 3.95. The van der Waals surface area contributed by atoms with Gasteiger partial charge in [-0.25, -0.2) is 13.6 Å². The molecule has 3 rings (SSSR count). The van der Waals surface area contributed by atoms with E-state index in [2.05, 4.69) is 21.0 Å². The van der Waals surface area contributed by atoms with Crippen molar-refractivity contribution in [2.75, 3.05) is 12.1 Å². The molecular formula is C18H16BrN3O4S. The molecule has 0 radical (unpaired) electrons. The predicted molar refractivity (Wildman–Crippen MR) is 107 cm³/mol. The van der Waals surface area contributed by atoms with Gasteiger partial charge in [-0.3, -0.25) is 4.79 Å². The van der Waals surface area contributed by atoms with Crippen LogP contribution in [0.4, 0.5) is 5.69 Å². The standard InChI is InChI=1S/C18H16BrN3O4S/c1-11-15(9-12-3-8-17(26-2)16(19)10-12)18(23)22(21-11)13-4-6-14(7-5-13)27(20,24)25/h3-10H,1-2H3,(H2,20,24,25)/b15-9+. The van der Waals surface area contributed by atoms with E-state index < -0.39 is 10.0 Å². The zero-order chi connectivity index (χ0) is 19.8. The molecule has 7 nitrogen and oxygen atoms in total. The minimum Gasteiger partial charge on any atom is -0.496 e. The molecule has 1 aliphatic heterocycles. The van der Waals surface area contributed by atoms with Crippen LogP contribution in [0.25, 0.3) is 6.08 Å². The second kappa shape index (κ2) is 7.26. The number of nitrogens with two attached hydrogens (primary N) is 1. The molecule has 0 saturated carbocycles. The number of carbonyl (C=O) groups is 1. The minimum absolute atomic E-state index is 0.0301. The van der Waals surface area contributed by atoms with E-state index in [0.29, 0.717) is 22.7 Å². The van der Waals surface area contributed by atoms with Gasteiger partial charge >= 0.3 is 0 Å². The lowest BCUT2D eigenvalue weighted by molar-refractivity contribution is -0.114. The monoisotopic (exact) mass is 449 g/mol. The molecule has 0 fully saturated rings. The van der Waals surface area contributed by atoms with Gasteiger partial charge in [0, 0.05) is 0 Å². The van der Waals surface area contributed by atoms with Gasteiger partial charge in [0.1, 0.15) is 5.75 Å². The van der Waals surface area contributed by atoms with E-state index in [0.717, 1.165) is 10.0 Å². The molecule has 1 heterocycles. The van der Waals surface area contributed by atoms with E-state index >= 15 is 0 Å². The molecule has 0 saturated heterocycles. The second-order valence-electron chi connectivity index (χ2n) is 5.79. The number of ether oxygens (including phenoxy) is 1. The van der Waals surface area contributed by atoms with Crippen LogP contribution >= 0.6 is 15.9 Å². The number of halogens is 1. The van der Waals surface area contributed by atoms with Crippen molar-refractivity contribution in [1.82, 2.24) is 0 Å². The fourth-order valence-electron chi connectivity index (χ4n) is 2.58. The number of rotatable bonds is 4. The predicted octanol–water partition coefficient (Wildman–Crippen LogP) is 2.91. The van der Waals surface area contributed by atoms with Gasteiger partial charge in [0.05, 0.1) is 33.5 Å². The smallest absolute Gasteiger partial charge is 0.280 e. The van der Waals surface area contributed by atoms with E-state index in [1.807, 2.05) is 12.1 Å². The SMILES string of the molecule is COc1ccc(/C=C2/C(=O)N(c3ccc(S(N)(=O)=O)cc3)N=C2C)cc1Br. The molecule has 2 N–H and O–H groups in total. The van der Waals surface area contributed by atoms with Gasteiger partial charge in [-0.1, -0.05) is 6.07 Å². The third-order valence-electron chi connectivity index (χ3n) is 3.96. The molecule has 0 bridgehead atoms. The molecule has 0 unspecified atom stereocenters. The summed E-state index contributed by atoms with van der Waals surface area (Å²) in [4.78, 5) is 12.7. The zero-order valence-electron chi connectivity index (χ0n) is 14.5. The maximum absolute atomic E-state index is 12.8. The van der Waals surface area contributed by atoms with Crippen LogP contribution in [0.2, 0.25) is 0 Å². The van der Waals surface area contributed by atoms with Crippen molar-refractivity contribution < 1.29 is 17.9 Å². The Morgan fingerprint density at radius 1 is 1.19 bits per heavy atom. The summed E-state index contributed by atoms with van der Waals surface area (Å²) in [6.45, 7) is 1.74. The number of methoxy groups -OCH3 is 1. The number of primary sulfonamides is 1. The van der Waals surface area contributed by atoms with Crippen LogP contribution in [0.3, 0.4) is 0 Å². The summed E-state index contributed by atoms with van der Waals surface area (Å²) in [6, 6.07) is 11.1. The quantitative estimate of drug-likeness (QED) is 0.724. The molecule has 140 valence electrons. The van der Waals surface area contributed by atoms with E-state index in [1.165, 1.54) is 29.3 Å². The maximum Gasteiger partial charge on any atom is 0.280 e. The Bertz CT molecular complexity index is 1080. The highest BCUT2D eigenvalue weighted by Gasteiger charge is 2.28. The van der Waals surface area contributed by atoms with Crippen LogP contribution in [0, 0.1) is 0 Å². The van der Waals surface area contributed by atoms with Crippen molar-refractivity contribution in [2.24, 2.45) is 10.2 Å². The summed E-state index contributed by atoms with van der Waals surface area (Å²) in [5, 5.41) is 10.6. The van der Waals surface area contributed by atoms with Crippen LogP contribution in [0.5, 0.6) is 5.75 Å². The molecule has 27 heavy (non-hydrogen) atoms. The van der Waals surface area contributed by atoms with Gasteiger partial charge in [0.15, 0.2) is 0 Å². The lowest BCUT2D eigenvalue weighted by atomic mass is 10.1. The summed E-state index contributed by atoms with van der Waals surface area (Å²) in [7, 11) is -2.22. The highest BCUT2D eigenvalue weighted by atomic mass is 79.9. The van der Waals surface area contributed by atoms with Crippen molar-refractivity contribution in [3.05, 3.63) is 58.1 Å². The second-order valence-corrected chi connectivity index (χ2v) is 8.21. The number of hydrogen-bond donors (Lipinski definition) is 1. The topological polar surface area (TPSA) is 102 Å². The number of benzene rings is 2. The summed E-state index contributed by atoms with van der Waals surface area (Å²) in [5.41, 5.74) is 2.27. The average Bonchev–Trinajstić information content (AvgIpc) is 2.89. The van der Waals surface area contributed by atoms with E-state index in [1.54, 1.807) is 26.2 Å². The summed E-state index contributed by atoms with van der Waals surface area (Å²) >= 11 is 3.42. The first-order chi connectivity index (χ1) is 12.7. The van der Waals surface area contributed by atoms with Crippen molar-refractivity contribution in [3.63, 3.8) is 0 Å². The first-order valence-electron chi connectivity index (χ1n) is 7.79. The number of nitrogens with zero attached hydrogens (tertiary/aromatic N) is 2. The molecular weight excluding hydrogens is 434 g/mol. The Hall–Kier alpha value is -2.49. The van der Waals surface area contributed by atoms with Crippen LogP contribution in [-0.4, -0.2) is 27.1 Å². The van der Waals surface area contributed by atoms with Crippen molar-refractivity contribution in [2.45, 2.75) is 11.8 Å². The van der Waals surface area contributed by atoms with E-state index in [-0.39, 0.29) is 10.8 Å². The van der Waals surface area contributed by atoms with Crippen LogP contribution in [-0.2, 0) is 14.8 Å². The molecule has 2 aromatic rings. The highest BCUT2D eigenvalue weighted by Crippen LogP contribution is 2.29. The number of carbonyl (C=O) groups excluding carboxylic acids is 1. The first kappa shape index (κ1) is 19.3. The van der Waals surface area contributed by atoms with Gasteiger partial charge in [-0.05, 0) is 70.9 Å². The lowest BCUT2D eigenvalue weighted by Crippen LogP contribution is -2.21. The zero-order valence-corrected chi connectivity index (χ0v) is 16.9. The van der Waals surface area contributed by atoms with E-state index in [4.69, 9.17) is 9.88 Å². The molecule has 9 heteroatoms. The Labute approximate surface area is 165 Å². The van der Waals surface area contributed by atoms with Crippen LogP contribution < -0.4 is 14.9 Å². The lowest BCUT2D eigenvalue weighted by Gasteiger charge is -2.12. The Morgan fingerprint density at radius 3 is 2.41 bits per heavy atom. The van der Waals surface area contributed by atoms with Gasteiger partial charge in [-0.2, -0.15) is 10.1 Å². The van der Waals surface area contributed by atoms with Crippen molar-refractivity contribution in [3.8, 4) is 5.75 Å². The number of sulfonamides is 1. The van der Waals surface area contributed by atoms with Gasteiger partial charge in [0.2, 0.25) is 10.0 Å². The first-order valence-corrected chi connectivity index (χ1v) is 10.1. The fourth-order valence-corrected chi connectivity index (χ4v) is 3.65. The average molecular weight is 450 g/mol. The molecule has 0 atom stereocenters. The largest absolute Gasteiger partial charge is 0.496 e. The summed E-state index contributed by atoms with van der Waals surface area (Å²) in [5.74, 6) is 0.389. The van der Waals surface area contributed by atoms with Gasteiger partial charge in [0.25, 0.3) is 5.91 Å². The molecule has 0 aromatic heterocycles. The number of hydrazone groups is 1. The Morgan fingerprint density at radius 2 is 1.85 bits per heavy atom. The molecule has 0 spiro atoms. The fraction of sp³-hybridized carbons (Fsp3) is 0.111. The normalized spacial score (nSPS) is 16.0. The minimum atomic E-state index is -3.79. The van der Waals surface area contributed by atoms with Gasteiger partial charge < -0.3 is 4.74 Å². The van der Waals surface area contributed by atoms with Crippen molar-refractivity contribution in [1.29, 1.82) is 0 Å². The van der Waals surface area contributed by atoms with E-state index in [9.17, 15) is 13.2 Å².